The Hall–Kier alpha value is -1.48. The maximum Gasteiger partial charge on any atom is 0.374 e. The molecule has 1 fully saturated rings. The molecule has 0 radical (unpaired) electrons. The van der Waals surface area contributed by atoms with Gasteiger partial charge in [-0.2, -0.15) is 12.7 Å². The predicted molar refractivity (Wildman–Crippen MR) is 70.0 cm³/mol. The first kappa shape index (κ1) is 14.9. The second-order valence-corrected chi connectivity index (χ2v) is 6.18. The average Bonchev–Trinajstić information content (AvgIpc) is 2.69. The normalized spacial score (nSPS) is 18.1. The van der Waals surface area contributed by atoms with Crippen LogP contribution < -0.4 is 5.32 Å². The Morgan fingerprint density at radius 3 is 2.50 bits per heavy atom. The largest absolute Gasteiger partial charge is 0.374 e. The van der Waals surface area contributed by atoms with E-state index in [0.29, 0.717) is 18.5 Å². The highest BCUT2D eigenvalue weighted by molar-refractivity contribution is 7.83. The maximum atomic E-state index is 12.8. The van der Waals surface area contributed by atoms with Crippen LogP contribution in [0.2, 0.25) is 0 Å². The molecule has 1 saturated heterocycles. The lowest BCUT2D eigenvalue weighted by Crippen LogP contribution is -2.45. The number of aryl methyl sites for hydroxylation is 1. The van der Waals surface area contributed by atoms with Crippen LogP contribution in [0.3, 0.4) is 0 Å². The molecule has 2 heterocycles. The number of hydrogen-bond acceptors (Lipinski definition) is 4. The third-order valence-electron chi connectivity index (χ3n) is 3.55. The Kier molecular flexibility index (Phi) is 4.09. The van der Waals surface area contributed by atoms with Crippen molar-refractivity contribution in [2.75, 3.05) is 13.1 Å². The van der Waals surface area contributed by atoms with Crippen LogP contribution in [0.25, 0.3) is 0 Å². The van der Waals surface area contributed by atoms with Gasteiger partial charge in [-0.05, 0) is 19.8 Å². The number of hydrogen-bond donors (Lipinski definition) is 1. The number of carbonyl (C=O) groups excluding carboxylic acids is 1. The van der Waals surface area contributed by atoms with Crippen molar-refractivity contribution < 1.29 is 17.1 Å². The first-order valence-corrected chi connectivity index (χ1v) is 7.62. The Morgan fingerprint density at radius 1 is 1.45 bits per heavy atom. The number of aromatic nitrogens is 2. The summed E-state index contributed by atoms with van der Waals surface area (Å²) in [5, 5.41) is 2.82. The molecule has 0 aliphatic carbocycles. The van der Waals surface area contributed by atoms with E-state index in [-0.39, 0.29) is 25.0 Å². The van der Waals surface area contributed by atoms with Crippen molar-refractivity contribution in [3.8, 4) is 0 Å². The van der Waals surface area contributed by atoms with E-state index in [2.05, 4.69) is 10.3 Å². The van der Waals surface area contributed by atoms with Crippen molar-refractivity contribution in [1.82, 2.24) is 19.2 Å². The summed E-state index contributed by atoms with van der Waals surface area (Å²) in [5.74, 6) is 0.475. The molecule has 0 bridgehead atoms. The van der Waals surface area contributed by atoms with Gasteiger partial charge in [0.25, 0.3) is 5.91 Å². The van der Waals surface area contributed by atoms with E-state index in [1.807, 2.05) is 0 Å². The Morgan fingerprint density at radius 2 is 2.05 bits per heavy atom. The monoisotopic (exact) mass is 304 g/mol. The third-order valence-corrected chi connectivity index (χ3v) is 4.53. The topological polar surface area (TPSA) is 84.3 Å². The molecule has 20 heavy (non-hydrogen) atoms. The van der Waals surface area contributed by atoms with Crippen LogP contribution in [-0.4, -0.2) is 47.3 Å². The summed E-state index contributed by atoms with van der Waals surface area (Å²) in [6, 6.07) is -0.157. The first-order valence-electron chi connectivity index (χ1n) is 6.28. The minimum Gasteiger partial charge on any atom is -0.348 e. The van der Waals surface area contributed by atoms with Crippen molar-refractivity contribution in [3.05, 3.63) is 17.7 Å². The van der Waals surface area contributed by atoms with Gasteiger partial charge in [-0.15, -0.1) is 0 Å². The summed E-state index contributed by atoms with van der Waals surface area (Å²) in [7, 11) is -2.88. The Balaban J connectivity index is 1.93. The molecule has 1 aromatic rings. The van der Waals surface area contributed by atoms with E-state index >= 15 is 0 Å². The molecule has 0 unspecified atom stereocenters. The highest BCUT2D eigenvalue weighted by Gasteiger charge is 2.28. The van der Waals surface area contributed by atoms with E-state index in [0.717, 1.165) is 10.1 Å². The molecule has 9 heteroatoms. The summed E-state index contributed by atoms with van der Waals surface area (Å²) in [6.45, 7) is 1.95. The van der Waals surface area contributed by atoms with E-state index < -0.39 is 10.4 Å². The van der Waals surface area contributed by atoms with Gasteiger partial charge < -0.3 is 9.88 Å². The van der Waals surface area contributed by atoms with Crippen molar-refractivity contribution >= 4 is 16.3 Å². The molecule has 0 saturated carbocycles. The smallest absolute Gasteiger partial charge is 0.348 e. The minimum absolute atomic E-state index is 0.0776. The first-order chi connectivity index (χ1) is 9.29. The molecule has 1 aliphatic rings. The predicted octanol–water partition coefficient (Wildman–Crippen LogP) is 0.137. The molecule has 1 N–H and O–H groups in total. The Labute approximate surface area is 117 Å². The fraction of sp³-hybridized carbons (Fsp3) is 0.636. The van der Waals surface area contributed by atoms with Crippen LogP contribution in [0.5, 0.6) is 0 Å². The van der Waals surface area contributed by atoms with Crippen LogP contribution >= 0.6 is 0 Å². The highest BCUT2D eigenvalue weighted by Crippen LogP contribution is 2.15. The Bertz CT molecular complexity index is 605. The third kappa shape index (κ3) is 3.15. The molecule has 1 aliphatic heterocycles. The van der Waals surface area contributed by atoms with Gasteiger partial charge in [-0.1, -0.05) is 3.89 Å². The number of nitrogens with one attached hydrogen (secondary N) is 1. The standard InChI is InChI=1S/C11H17FN4O3S/c1-8-13-7-10(15(8)2)11(17)14-9-3-5-16(6-4-9)20(12,18)19/h7,9H,3-6H2,1-2H3,(H,14,17). The minimum atomic E-state index is -4.63. The highest BCUT2D eigenvalue weighted by atomic mass is 32.3. The van der Waals surface area contributed by atoms with Crippen molar-refractivity contribution in [2.24, 2.45) is 7.05 Å². The van der Waals surface area contributed by atoms with Gasteiger partial charge in [0.1, 0.15) is 11.5 Å². The molecular weight excluding hydrogens is 287 g/mol. The lowest BCUT2D eigenvalue weighted by Gasteiger charge is -2.29. The number of imidazole rings is 1. The van der Waals surface area contributed by atoms with Crippen LogP contribution in [0.15, 0.2) is 6.20 Å². The quantitative estimate of drug-likeness (QED) is 0.805. The second kappa shape index (κ2) is 5.49. The molecule has 0 spiro atoms. The number of piperidine rings is 1. The number of halogens is 1. The van der Waals surface area contributed by atoms with Gasteiger partial charge in [-0.25, -0.2) is 4.98 Å². The number of amides is 1. The fourth-order valence-corrected chi connectivity index (χ4v) is 2.84. The average molecular weight is 304 g/mol. The van der Waals surface area contributed by atoms with Crippen molar-refractivity contribution in [2.45, 2.75) is 25.8 Å². The molecule has 0 aromatic carbocycles. The lowest BCUT2D eigenvalue weighted by atomic mass is 10.1. The van der Waals surface area contributed by atoms with Gasteiger partial charge in [0.05, 0.1) is 6.20 Å². The lowest BCUT2D eigenvalue weighted by molar-refractivity contribution is 0.0915. The molecule has 1 amide bonds. The summed E-state index contributed by atoms with van der Waals surface area (Å²) in [4.78, 5) is 16.1. The molecule has 1 aromatic heterocycles. The zero-order valence-electron chi connectivity index (χ0n) is 11.3. The zero-order valence-corrected chi connectivity index (χ0v) is 12.2. The van der Waals surface area contributed by atoms with Crippen LogP contribution in [0.4, 0.5) is 3.89 Å². The van der Waals surface area contributed by atoms with Crippen molar-refractivity contribution in [1.29, 1.82) is 0 Å². The van der Waals surface area contributed by atoms with E-state index in [9.17, 15) is 17.1 Å². The van der Waals surface area contributed by atoms with Gasteiger partial charge >= 0.3 is 10.4 Å². The van der Waals surface area contributed by atoms with Crippen LogP contribution in [0, 0.1) is 6.92 Å². The zero-order chi connectivity index (χ0) is 14.9. The maximum absolute atomic E-state index is 12.8. The molecule has 112 valence electrons. The van der Waals surface area contributed by atoms with Gasteiger partial charge in [0.2, 0.25) is 0 Å². The number of rotatable bonds is 3. The number of nitrogens with zero attached hydrogens (tertiary/aromatic N) is 3. The van der Waals surface area contributed by atoms with Crippen LogP contribution in [-0.2, 0) is 17.5 Å². The van der Waals surface area contributed by atoms with E-state index in [1.54, 1.807) is 18.5 Å². The summed E-state index contributed by atoms with van der Waals surface area (Å²) in [5.41, 5.74) is 0.447. The fourth-order valence-electron chi connectivity index (χ4n) is 2.19. The molecular formula is C11H17FN4O3S. The van der Waals surface area contributed by atoms with Crippen LogP contribution in [0.1, 0.15) is 29.2 Å². The molecule has 7 nitrogen and oxygen atoms in total. The summed E-state index contributed by atoms with van der Waals surface area (Å²) < 4.78 is 36.7. The summed E-state index contributed by atoms with van der Waals surface area (Å²) >= 11 is 0. The molecule has 2 rings (SSSR count). The molecule has 0 atom stereocenters. The SMILES string of the molecule is Cc1ncc(C(=O)NC2CCN(S(=O)(=O)F)CC2)n1C. The van der Waals surface area contributed by atoms with Gasteiger partial charge in [0, 0.05) is 26.2 Å². The summed E-state index contributed by atoms with van der Waals surface area (Å²) in [6.07, 6.45) is 2.28. The van der Waals surface area contributed by atoms with E-state index in [4.69, 9.17) is 0 Å². The van der Waals surface area contributed by atoms with Gasteiger partial charge in [0.15, 0.2) is 0 Å². The van der Waals surface area contributed by atoms with Gasteiger partial charge in [-0.3, -0.25) is 4.79 Å². The van der Waals surface area contributed by atoms with E-state index in [1.165, 1.54) is 6.20 Å². The van der Waals surface area contributed by atoms with Crippen molar-refractivity contribution in [3.63, 3.8) is 0 Å². The number of carbonyl (C=O) groups is 1. The second-order valence-electron chi connectivity index (χ2n) is 4.84.